The van der Waals surface area contributed by atoms with Gasteiger partial charge in [0.05, 0.1) is 24.3 Å². The number of halogens is 1. The van der Waals surface area contributed by atoms with Crippen molar-refractivity contribution < 1.29 is 9.47 Å². The van der Waals surface area contributed by atoms with E-state index in [0.29, 0.717) is 13.0 Å². The third kappa shape index (κ3) is 5.17. The van der Waals surface area contributed by atoms with Crippen molar-refractivity contribution in [3.63, 3.8) is 0 Å². The molecule has 1 N–H and O–H groups in total. The number of nitrogens with one attached hydrogen (secondary N) is 1. The van der Waals surface area contributed by atoms with Gasteiger partial charge in [-0.3, -0.25) is 0 Å². The van der Waals surface area contributed by atoms with Crippen molar-refractivity contribution >= 4 is 21.6 Å². The number of hydrogen-bond acceptors (Lipinski definition) is 4. The fraction of sp³-hybridized carbons (Fsp3) is 0.316. The molecule has 4 nitrogen and oxygen atoms in total. The zero-order valence-corrected chi connectivity index (χ0v) is 15.5. The molecular formula is C19H21BrN2O2. The van der Waals surface area contributed by atoms with Crippen LogP contribution in [0.3, 0.4) is 0 Å². The maximum absolute atomic E-state index is 8.54. The van der Waals surface area contributed by atoms with E-state index in [1.165, 1.54) is 0 Å². The highest BCUT2D eigenvalue weighted by atomic mass is 79.9. The SMILES string of the molecule is COc1ccc(C(C)Nc2cccc(OCCCC#N)c2)cc1Br. The molecular weight excluding hydrogens is 368 g/mol. The van der Waals surface area contributed by atoms with Gasteiger partial charge in [-0.1, -0.05) is 12.1 Å². The van der Waals surface area contributed by atoms with Crippen LogP contribution in [0.15, 0.2) is 46.9 Å². The molecule has 5 heteroatoms. The number of benzene rings is 2. The van der Waals surface area contributed by atoms with E-state index in [1.54, 1.807) is 7.11 Å². The molecule has 0 heterocycles. The van der Waals surface area contributed by atoms with Gasteiger partial charge in [0.25, 0.3) is 0 Å². The zero-order valence-electron chi connectivity index (χ0n) is 13.9. The normalized spacial score (nSPS) is 11.4. The lowest BCUT2D eigenvalue weighted by molar-refractivity contribution is 0.313. The van der Waals surface area contributed by atoms with Gasteiger partial charge in [-0.15, -0.1) is 0 Å². The van der Waals surface area contributed by atoms with Gasteiger partial charge in [-0.25, -0.2) is 0 Å². The first-order valence-corrected chi connectivity index (χ1v) is 8.63. The monoisotopic (exact) mass is 388 g/mol. The fourth-order valence-corrected chi connectivity index (χ4v) is 2.86. The zero-order chi connectivity index (χ0) is 17.4. The minimum atomic E-state index is 0.140. The Hall–Kier alpha value is -2.19. The van der Waals surface area contributed by atoms with Crippen LogP contribution in [0.4, 0.5) is 5.69 Å². The van der Waals surface area contributed by atoms with Crippen molar-refractivity contribution in [2.45, 2.75) is 25.8 Å². The Morgan fingerprint density at radius 2 is 2.08 bits per heavy atom. The van der Waals surface area contributed by atoms with E-state index in [9.17, 15) is 0 Å². The molecule has 0 amide bonds. The van der Waals surface area contributed by atoms with Crippen LogP contribution in [0.1, 0.15) is 31.4 Å². The van der Waals surface area contributed by atoms with E-state index in [2.05, 4.69) is 40.3 Å². The summed E-state index contributed by atoms with van der Waals surface area (Å²) < 4.78 is 11.9. The first kappa shape index (κ1) is 18.2. The second-order valence-electron chi connectivity index (χ2n) is 5.40. The van der Waals surface area contributed by atoms with E-state index in [1.807, 2.05) is 36.4 Å². The van der Waals surface area contributed by atoms with Crippen LogP contribution in [0, 0.1) is 11.3 Å². The molecule has 0 radical (unpaired) electrons. The van der Waals surface area contributed by atoms with Gasteiger partial charge in [0.2, 0.25) is 0 Å². The molecule has 0 aliphatic carbocycles. The summed E-state index contributed by atoms with van der Waals surface area (Å²) in [5.74, 6) is 1.62. The van der Waals surface area contributed by atoms with Crippen molar-refractivity contribution in [3.05, 3.63) is 52.5 Å². The second kappa shape index (κ2) is 9.19. The summed E-state index contributed by atoms with van der Waals surface area (Å²) in [6.07, 6.45) is 1.26. The number of methoxy groups -OCH3 is 1. The molecule has 0 aromatic heterocycles. The quantitative estimate of drug-likeness (QED) is 0.622. The first-order chi connectivity index (χ1) is 11.6. The maximum atomic E-state index is 8.54. The van der Waals surface area contributed by atoms with Crippen molar-refractivity contribution in [1.82, 2.24) is 0 Å². The third-order valence-corrected chi connectivity index (χ3v) is 4.21. The van der Waals surface area contributed by atoms with Gasteiger partial charge in [0.15, 0.2) is 0 Å². The lowest BCUT2D eigenvalue weighted by Crippen LogP contribution is -2.07. The highest BCUT2D eigenvalue weighted by Crippen LogP contribution is 2.29. The molecule has 2 aromatic rings. The number of nitrogens with zero attached hydrogens (tertiary/aromatic N) is 1. The molecule has 1 unspecified atom stereocenters. The molecule has 1 atom stereocenters. The third-order valence-electron chi connectivity index (χ3n) is 3.59. The Balaban J connectivity index is 1.99. The summed E-state index contributed by atoms with van der Waals surface area (Å²) in [4.78, 5) is 0. The molecule has 126 valence electrons. The fourth-order valence-electron chi connectivity index (χ4n) is 2.30. The van der Waals surface area contributed by atoms with Crippen molar-refractivity contribution in [2.75, 3.05) is 19.0 Å². The average Bonchev–Trinajstić information content (AvgIpc) is 2.59. The smallest absolute Gasteiger partial charge is 0.133 e. The minimum Gasteiger partial charge on any atom is -0.496 e. The summed E-state index contributed by atoms with van der Waals surface area (Å²) in [7, 11) is 1.66. The van der Waals surface area contributed by atoms with E-state index in [-0.39, 0.29) is 6.04 Å². The van der Waals surface area contributed by atoms with E-state index < -0.39 is 0 Å². The first-order valence-electron chi connectivity index (χ1n) is 7.84. The van der Waals surface area contributed by atoms with Crippen LogP contribution < -0.4 is 14.8 Å². The summed E-state index contributed by atoms with van der Waals surface area (Å²) >= 11 is 3.52. The van der Waals surface area contributed by atoms with Gasteiger partial charge in [0, 0.05) is 24.2 Å². The molecule has 0 aliphatic rings. The van der Waals surface area contributed by atoms with Crippen LogP contribution in [0.25, 0.3) is 0 Å². The number of nitriles is 1. The summed E-state index contributed by atoms with van der Waals surface area (Å²) in [5, 5.41) is 12.0. The Kier molecular flexibility index (Phi) is 6.95. The van der Waals surface area contributed by atoms with E-state index >= 15 is 0 Å². The lowest BCUT2D eigenvalue weighted by atomic mass is 10.1. The van der Waals surface area contributed by atoms with E-state index in [0.717, 1.165) is 33.6 Å². The van der Waals surface area contributed by atoms with Crippen LogP contribution in [0.2, 0.25) is 0 Å². The number of anilines is 1. The Morgan fingerprint density at radius 3 is 2.79 bits per heavy atom. The summed E-state index contributed by atoms with van der Waals surface area (Å²) in [6.45, 7) is 2.66. The van der Waals surface area contributed by atoms with Crippen LogP contribution in [0.5, 0.6) is 11.5 Å². The minimum absolute atomic E-state index is 0.140. The summed E-state index contributed by atoms with van der Waals surface area (Å²) in [5.41, 5.74) is 2.15. The van der Waals surface area contributed by atoms with Crippen LogP contribution >= 0.6 is 15.9 Å². The molecule has 24 heavy (non-hydrogen) atoms. The van der Waals surface area contributed by atoms with Crippen molar-refractivity contribution in [3.8, 4) is 17.6 Å². The molecule has 0 saturated carbocycles. The molecule has 2 rings (SSSR count). The van der Waals surface area contributed by atoms with Crippen LogP contribution in [-0.2, 0) is 0 Å². The van der Waals surface area contributed by atoms with Gasteiger partial charge in [-0.05, 0) is 59.1 Å². The number of hydrogen-bond donors (Lipinski definition) is 1. The highest BCUT2D eigenvalue weighted by molar-refractivity contribution is 9.10. The lowest BCUT2D eigenvalue weighted by Gasteiger charge is -2.17. The predicted octanol–water partition coefficient (Wildman–Crippen LogP) is 5.31. The molecule has 0 fully saturated rings. The molecule has 0 spiro atoms. The van der Waals surface area contributed by atoms with Gasteiger partial charge >= 0.3 is 0 Å². The van der Waals surface area contributed by atoms with Crippen LogP contribution in [-0.4, -0.2) is 13.7 Å². The van der Waals surface area contributed by atoms with Gasteiger partial charge in [-0.2, -0.15) is 5.26 Å². The maximum Gasteiger partial charge on any atom is 0.133 e. The van der Waals surface area contributed by atoms with Gasteiger partial charge < -0.3 is 14.8 Å². The summed E-state index contributed by atoms with van der Waals surface area (Å²) in [6, 6.07) is 16.2. The largest absolute Gasteiger partial charge is 0.496 e. The standard InChI is InChI=1S/C19H21BrN2O2/c1-14(15-8-9-19(23-2)18(20)12-15)22-16-6-5-7-17(13-16)24-11-4-3-10-21/h5-9,12-14,22H,3-4,11H2,1-2H3. The molecule has 0 aliphatic heterocycles. The Bertz CT molecular complexity index is 713. The van der Waals surface area contributed by atoms with Gasteiger partial charge in [0.1, 0.15) is 11.5 Å². The predicted molar refractivity (Wildman–Crippen MR) is 99.5 cm³/mol. The highest BCUT2D eigenvalue weighted by Gasteiger charge is 2.09. The van der Waals surface area contributed by atoms with Crippen molar-refractivity contribution in [1.29, 1.82) is 5.26 Å². The molecule has 2 aromatic carbocycles. The number of ether oxygens (including phenoxy) is 2. The molecule has 0 bridgehead atoms. The average molecular weight is 389 g/mol. The number of rotatable bonds is 8. The Labute approximate surface area is 151 Å². The van der Waals surface area contributed by atoms with Crippen molar-refractivity contribution in [2.24, 2.45) is 0 Å². The Morgan fingerprint density at radius 1 is 1.25 bits per heavy atom. The topological polar surface area (TPSA) is 54.3 Å². The number of unbranched alkanes of at least 4 members (excludes halogenated alkanes) is 1. The second-order valence-corrected chi connectivity index (χ2v) is 6.25. The molecule has 0 saturated heterocycles. The van der Waals surface area contributed by atoms with E-state index in [4.69, 9.17) is 14.7 Å².